The first-order chi connectivity index (χ1) is 36.5. The van der Waals surface area contributed by atoms with Crippen LogP contribution in [-0.2, 0) is 46.3 Å². The number of hydrogen-bond acceptors (Lipinski definition) is 16. The van der Waals surface area contributed by atoms with E-state index in [1.807, 2.05) is 37.3 Å². The van der Waals surface area contributed by atoms with Crippen LogP contribution in [0.2, 0.25) is 0 Å². The molecule has 0 spiro atoms. The normalized spacial score (nSPS) is 19.8. The predicted molar refractivity (Wildman–Crippen MR) is 295 cm³/mol. The van der Waals surface area contributed by atoms with Crippen molar-refractivity contribution in [2.45, 2.75) is 250 Å². The largest absolute Gasteiger partial charge is 0.481 e. The van der Waals surface area contributed by atoms with Gasteiger partial charge >= 0.3 is 33.3 Å². The second-order valence-corrected chi connectivity index (χ2v) is 23.3. The van der Waals surface area contributed by atoms with Crippen molar-refractivity contribution in [2.24, 2.45) is 5.92 Å². The molecule has 1 aliphatic heterocycles. The number of nitrogen functional groups attached to an aromatic ring is 1. The minimum absolute atomic E-state index is 0.00502. The molecule has 0 aromatic carbocycles. The summed E-state index contributed by atoms with van der Waals surface area (Å²) in [4.78, 5) is 62.1. The van der Waals surface area contributed by atoms with Crippen molar-refractivity contribution in [1.29, 1.82) is 0 Å². The van der Waals surface area contributed by atoms with Crippen molar-refractivity contribution in [3.05, 3.63) is 59.2 Å². The van der Waals surface area contributed by atoms with E-state index >= 15 is 0 Å². The fraction of sp³-hybridized carbons (Fsp3) is 0.782. The standard InChI is InChI=1S/C55H97N3O16P2/c1-4-6-30-36-46(59)37-32-27-23-19-17-21-25-29-34-39-51(61)72-47(42-69-50(60)38-33-28-24-20-16-14-12-10-8-7-9-11-13-15-18-22-26-31-35-45(3)5-2)43-70-75(65,66)74-76(67,68)71-44-48-52(62)53(63)54(73-48)58-41-40-49(56)57-55(58)64/h6,23,27,30,32,37,40-41,45-48,52-54,59,62-63H,4-5,7-22,24-26,28-29,31,33-36,38-39,42-44H2,1-3H3,(H,65,66)(H,67,68)(H2,56,57,64)/b27-23+,30-6+,37-32+/t45?,46?,47-,48-,52-,53-,54-/m1/s1. The molecule has 2 heterocycles. The molecule has 7 N–H and O–H groups in total. The molecule has 76 heavy (non-hydrogen) atoms. The molecule has 438 valence electrons. The average molecular weight is 1120 g/mol. The number of aromatic nitrogens is 2. The van der Waals surface area contributed by atoms with Gasteiger partial charge in [-0.15, -0.1) is 0 Å². The van der Waals surface area contributed by atoms with Crippen LogP contribution in [0.15, 0.2) is 53.5 Å². The minimum atomic E-state index is -5.44. The Labute approximate surface area is 453 Å². The van der Waals surface area contributed by atoms with Crippen LogP contribution in [0.5, 0.6) is 0 Å². The van der Waals surface area contributed by atoms with Crippen LogP contribution >= 0.6 is 15.6 Å². The van der Waals surface area contributed by atoms with Crippen LogP contribution in [-0.4, -0.2) is 96.9 Å². The molecule has 1 aromatic rings. The number of allylic oxidation sites excluding steroid dienone is 4. The van der Waals surface area contributed by atoms with Gasteiger partial charge < -0.3 is 45.1 Å². The van der Waals surface area contributed by atoms with Gasteiger partial charge in [0.2, 0.25) is 0 Å². The lowest BCUT2D eigenvalue weighted by atomic mass is 9.99. The summed E-state index contributed by atoms with van der Waals surface area (Å²) in [6.07, 6.45) is 35.4. The van der Waals surface area contributed by atoms with E-state index in [9.17, 15) is 48.6 Å². The summed E-state index contributed by atoms with van der Waals surface area (Å²) in [7, 11) is -10.9. The number of hydrogen-bond donors (Lipinski definition) is 6. The highest BCUT2D eigenvalue weighted by Crippen LogP contribution is 2.60. The fourth-order valence-corrected chi connectivity index (χ4v) is 10.7. The lowest BCUT2D eigenvalue weighted by molar-refractivity contribution is -0.161. The zero-order chi connectivity index (χ0) is 55.9. The van der Waals surface area contributed by atoms with Crippen molar-refractivity contribution < 1.29 is 71.4 Å². The number of esters is 2. The summed E-state index contributed by atoms with van der Waals surface area (Å²) in [5.74, 6) is -0.474. The third-order valence-electron chi connectivity index (χ3n) is 13.4. The maximum Gasteiger partial charge on any atom is 0.481 e. The van der Waals surface area contributed by atoms with E-state index in [1.54, 1.807) is 6.08 Å². The molecule has 0 bridgehead atoms. The quantitative estimate of drug-likeness (QED) is 0.0116. The second-order valence-electron chi connectivity index (χ2n) is 20.2. The first kappa shape index (κ1) is 69.0. The SMILES string of the molecule is CC/C=C/CC(O)/C=C/C=C/CCCCCCCC(=O)O[C@H](COC(=O)CCCCCCCCCCCCCCCCCCCCC(C)CC)COP(=O)(O)OP(=O)(O)OC[C@H]1O[C@@H](n2ccc(N)nc2=O)[C@H](O)[C@@H]1O. The third kappa shape index (κ3) is 34.1. The summed E-state index contributed by atoms with van der Waals surface area (Å²) in [5, 5.41) is 30.9. The monoisotopic (exact) mass is 1120 g/mol. The van der Waals surface area contributed by atoms with Gasteiger partial charge in [-0.05, 0) is 50.5 Å². The molecule has 21 heteroatoms. The third-order valence-corrected chi connectivity index (χ3v) is 16.0. The van der Waals surface area contributed by atoms with Crippen molar-refractivity contribution >= 4 is 33.4 Å². The number of aliphatic hydroxyl groups excluding tert-OH is 3. The van der Waals surface area contributed by atoms with Gasteiger partial charge in [0.25, 0.3) is 0 Å². The minimum Gasteiger partial charge on any atom is -0.462 e. The summed E-state index contributed by atoms with van der Waals surface area (Å²) in [6, 6.07) is 1.24. The highest BCUT2D eigenvalue weighted by molar-refractivity contribution is 7.61. The highest BCUT2D eigenvalue weighted by Gasteiger charge is 2.46. The number of aliphatic hydroxyl groups is 3. The molecule has 1 saturated heterocycles. The van der Waals surface area contributed by atoms with Gasteiger partial charge in [0, 0.05) is 19.0 Å². The van der Waals surface area contributed by atoms with Gasteiger partial charge in [0.1, 0.15) is 30.7 Å². The Hall–Kier alpha value is -3.06. The predicted octanol–water partition coefficient (Wildman–Crippen LogP) is 11.6. The summed E-state index contributed by atoms with van der Waals surface area (Å²) >= 11 is 0. The van der Waals surface area contributed by atoms with E-state index < -0.39 is 89.8 Å². The molecule has 0 radical (unpaired) electrons. The molecular formula is C55H97N3O16P2. The topological polar surface area (TPSA) is 286 Å². The van der Waals surface area contributed by atoms with Crippen LogP contribution in [0.4, 0.5) is 5.82 Å². The van der Waals surface area contributed by atoms with Crippen LogP contribution in [0.1, 0.15) is 220 Å². The number of carbonyl (C=O) groups is 2. The van der Waals surface area contributed by atoms with E-state index in [0.717, 1.165) is 80.9 Å². The number of ether oxygens (including phenoxy) is 3. The summed E-state index contributed by atoms with van der Waals surface area (Å²) in [6.45, 7) is 4.33. The molecule has 19 nitrogen and oxygen atoms in total. The lowest BCUT2D eigenvalue weighted by Gasteiger charge is -2.21. The number of unbranched alkanes of at least 4 members (excludes halogenated alkanes) is 22. The van der Waals surface area contributed by atoms with Crippen LogP contribution < -0.4 is 11.4 Å². The van der Waals surface area contributed by atoms with Crippen molar-refractivity contribution in [1.82, 2.24) is 9.55 Å². The van der Waals surface area contributed by atoms with Crippen LogP contribution in [0, 0.1) is 5.92 Å². The molecular weight excluding hydrogens is 1020 g/mol. The Morgan fingerprint density at radius 2 is 1.28 bits per heavy atom. The van der Waals surface area contributed by atoms with Gasteiger partial charge in [-0.3, -0.25) is 23.2 Å². The van der Waals surface area contributed by atoms with Gasteiger partial charge in [-0.2, -0.15) is 9.29 Å². The molecule has 1 aromatic heterocycles. The average Bonchev–Trinajstić information content (AvgIpc) is 3.65. The molecule has 0 aliphatic carbocycles. The molecule has 4 unspecified atom stereocenters. The Balaban J connectivity index is 1.75. The van der Waals surface area contributed by atoms with Crippen molar-refractivity contribution in [3.8, 4) is 0 Å². The fourth-order valence-electron chi connectivity index (χ4n) is 8.56. The van der Waals surface area contributed by atoms with E-state index in [-0.39, 0.29) is 18.7 Å². The number of anilines is 1. The van der Waals surface area contributed by atoms with Crippen molar-refractivity contribution in [3.63, 3.8) is 0 Å². The second kappa shape index (κ2) is 41.9. The Morgan fingerprint density at radius 1 is 0.737 bits per heavy atom. The van der Waals surface area contributed by atoms with Crippen molar-refractivity contribution in [2.75, 3.05) is 25.6 Å². The summed E-state index contributed by atoms with van der Waals surface area (Å²) < 4.78 is 56.9. The molecule has 9 atom stereocenters. The van der Waals surface area contributed by atoms with Crippen LogP contribution in [0.25, 0.3) is 0 Å². The zero-order valence-electron chi connectivity index (χ0n) is 46.1. The summed E-state index contributed by atoms with van der Waals surface area (Å²) in [5.41, 5.74) is 4.59. The smallest absolute Gasteiger partial charge is 0.462 e. The maximum absolute atomic E-state index is 12.9. The Kier molecular flexibility index (Phi) is 38.1. The lowest BCUT2D eigenvalue weighted by Crippen LogP contribution is -2.36. The molecule has 0 amide bonds. The number of nitrogens with zero attached hydrogens (tertiary/aromatic N) is 2. The number of phosphoric acid groups is 2. The molecule has 2 rings (SSSR count). The number of phosphoric ester groups is 2. The Morgan fingerprint density at radius 3 is 1.84 bits per heavy atom. The molecule has 1 fully saturated rings. The van der Waals surface area contributed by atoms with Gasteiger partial charge in [-0.25, -0.2) is 13.9 Å². The highest BCUT2D eigenvalue weighted by atomic mass is 31.3. The Bertz CT molecular complexity index is 1950. The first-order valence-electron chi connectivity index (χ1n) is 28.5. The number of rotatable bonds is 47. The number of carbonyl (C=O) groups excluding carboxylic acids is 2. The number of nitrogens with two attached hydrogens (primary N) is 1. The van der Waals surface area contributed by atoms with E-state index in [4.69, 9.17) is 29.0 Å². The zero-order valence-corrected chi connectivity index (χ0v) is 47.9. The van der Waals surface area contributed by atoms with E-state index in [0.29, 0.717) is 19.3 Å². The first-order valence-corrected chi connectivity index (χ1v) is 31.5. The molecule has 1 aliphatic rings. The van der Waals surface area contributed by atoms with Gasteiger partial charge in [0.05, 0.1) is 19.3 Å². The maximum atomic E-state index is 12.9. The van der Waals surface area contributed by atoms with E-state index in [2.05, 4.69) is 23.1 Å². The molecule has 0 saturated carbocycles. The van der Waals surface area contributed by atoms with Gasteiger partial charge in [-0.1, -0.05) is 198 Å². The van der Waals surface area contributed by atoms with E-state index in [1.165, 1.54) is 102 Å². The van der Waals surface area contributed by atoms with Crippen LogP contribution in [0.3, 0.4) is 0 Å². The van der Waals surface area contributed by atoms with Gasteiger partial charge in [0.15, 0.2) is 12.3 Å².